The molecular weight excluding hydrogens is 173 g/mol. The molecule has 1 radical (unpaired) electrons. The van der Waals surface area contributed by atoms with Gasteiger partial charge in [-0.15, -0.1) is 0 Å². The first-order chi connectivity index (χ1) is 5.56. The van der Waals surface area contributed by atoms with Crippen LogP contribution in [-0.2, 0) is 9.53 Å². The topological polar surface area (TPSA) is 26.3 Å². The molecule has 71 valence electrons. The molecule has 0 aliphatic heterocycles. The van der Waals surface area contributed by atoms with Gasteiger partial charge in [-0.2, -0.15) is 13.2 Å². The van der Waals surface area contributed by atoms with E-state index >= 15 is 0 Å². The molecule has 0 N–H and O–H groups in total. The Hall–Kier alpha value is -0.740. The van der Waals surface area contributed by atoms with Crippen molar-refractivity contribution in [2.75, 3.05) is 6.61 Å². The van der Waals surface area contributed by atoms with E-state index < -0.39 is 12.6 Å². The summed E-state index contributed by atoms with van der Waals surface area (Å²) in [6.45, 7) is 1.36. The zero-order valence-electron chi connectivity index (χ0n) is 6.49. The molecular formula is C7H10F3O2. The number of alkyl halides is 3. The van der Waals surface area contributed by atoms with Gasteiger partial charge in [0.1, 0.15) is 0 Å². The maximum atomic E-state index is 11.5. The predicted octanol–water partition coefficient (Wildman–Crippen LogP) is 2.19. The third-order valence-electron chi connectivity index (χ3n) is 1.27. The molecule has 0 heterocycles. The van der Waals surface area contributed by atoms with E-state index in [4.69, 9.17) is 0 Å². The van der Waals surface area contributed by atoms with Crippen molar-refractivity contribution in [3.63, 3.8) is 0 Å². The molecule has 0 atom stereocenters. The Kier molecular flexibility index (Phi) is 5.49. The van der Waals surface area contributed by atoms with Crippen molar-refractivity contribution in [3.8, 4) is 0 Å². The number of hydrogen-bond donors (Lipinski definition) is 0. The summed E-state index contributed by atoms with van der Waals surface area (Å²) in [5.41, 5.74) is 0. The molecule has 0 saturated carbocycles. The first-order valence-electron chi connectivity index (χ1n) is 3.62. The standard InChI is InChI=1S/C7H10F3O2/c8-7(9,10)4-2-1-3-5-12-6-11/h1-5H2. The summed E-state index contributed by atoms with van der Waals surface area (Å²) in [4.78, 5) is 9.47. The average molecular weight is 183 g/mol. The zero-order valence-corrected chi connectivity index (χ0v) is 6.49. The molecule has 0 spiro atoms. The van der Waals surface area contributed by atoms with Crippen molar-refractivity contribution in [2.24, 2.45) is 0 Å². The van der Waals surface area contributed by atoms with Gasteiger partial charge < -0.3 is 4.74 Å². The SMILES string of the molecule is O=[C]OCCCCCC(F)(F)F. The lowest BCUT2D eigenvalue weighted by molar-refractivity contribution is -0.135. The molecule has 0 amide bonds. The molecule has 12 heavy (non-hydrogen) atoms. The highest BCUT2D eigenvalue weighted by atomic mass is 19.4. The van der Waals surface area contributed by atoms with E-state index in [1.807, 2.05) is 0 Å². The number of unbranched alkanes of at least 4 members (excludes halogenated alkanes) is 2. The Balaban J connectivity index is 3.06. The Morgan fingerprint density at radius 1 is 1.17 bits per heavy atom. The molecule has 2 nitrogen and oxygen atoms in total. The number of carbonyl (C=O) groups excluding carboxylic acids is 1. The lowest BCUT2D eigenvalue weighted by Crippen LogP contribution is -2.06. The fourth-order valence-electron chi connectivity index (χ4n) is 0.718. The van der Waals surface area contributed by atoms with Crippen LogP contribution >= 0.6 is 0 Å². The molecule has 0 aromatic heterocycles. The monoisotopic (exact) mass is 183 g/mol. The van der Waals surface area contributed by atoms with Crippen molar-refractivity contribution in [2.45, 2.75) is 31.9 Å². The van der Waals surface area contributed by atoms with Crippen LogP contribution in [0.25, 0.3) is 0 Å². The highest BCUT2D eigenvalue weighted by Crippen LogP contribution is 2.22. The molecule has 0 saturated heterocycles. The first kappa shape index (κ1) is 11.3. The van der Waals surface area contributed by atoms with Crippen LogP contribution in [0.3, 0.4) is 0 Å². The molecule has 0 bridgehead atoms. The van der Waals surface area contributed by atoms with Crippen molar-refractivity contribution in [1.29, 1.82) is 0 Å². The van der Waals surface area contributed by atoms with Crippen LogP contribution in [0.5, 0.6) is 0 Å². The molecule has 0 aliphatic carbocycles. The van der Waals surface area contributed by atoms with E-state index in [0.29, 0.717) is 12.8 Å². The number of halogens is 3. The molecule has 0 fully saturated rings. The minimum Gasteiger partial charge on any atom is -0.457 e. The van der Waals surface area contributed by atoms with Gasteiger partial charge >= 0.3 is 12.6 Å². The molecule has 0 aromatic rings. The first-order valence-corrected chi connectivity index (χ1v) is 3.62. The van der Waals surface area contributed by atoms with Gasteiger partial charge in [0.2, 0.25) is 0 Å². The van der Waals surface area contributed by atoms with Gasteiger partial charge in [-0.05, 0) is 19.3 Å². The van der Waals surface area contributed by atoms with Gasteiger partial charge in [0, 0.05) is 6.42 Å². The Labute approximate surface area is 68.7 Å². The molecule has 5 heteroatoms. The maximum absolute atomic E-state index is 11.5. The third-order valence-corrected chi connectivity index (χ3v) is 1.27. The van der Waals surface area contributed by atoms with E-state index in [1.54, 1.807) is 0 Å². The highest BCUT2D eigenvalue weighted by Gasteiger charge is 2.25. The van der Waals surface area contributed by atoms with Gasteiger partial charge in [0.15, 0.2) is 0 Å². The second-order valence-electron chi connectivity index (χ2n) is 2.36. The van der Waals surface area contributed by atoms with Crippen LogP contribution in [0.1, 0.15) is 25.7 Å². The molecule has 0 rings (SSSR count). The van der Waals surface area contributed by atoms with Crippen molar-refractivity contribution >= 4 is 6.47 Å². The minimum absolute atomic E-state index is 0.0890. The van der Waals surface area contributed by atoms with Crippen LogP contribution in [0.4, 0.5) is 13.2 Å². The summed E-state index contributed by atoms with van der Waals surface area (Å²) < 4.78 is 38.8. The van der Waals surface area contributed by atoms with Gasteiger partial charge in [-0.25, -0.2) is 4.79 Å². The summed E-state index contributed by atoms with van der Waals surface area (Å²) in [6.07, 6.45) is -3.87. The minimum atomic E-state index is -4.07. The second-order valence-corrected chi connectivity index (χ2v) is 2.36. The Bertz CT molecular complexity index is 122. The van der Waals surface area contributed by atoms with Crippen LogP contribution in [-0.4, -0.2) is 19.3 Å². The summed E-state index contributed by atoms with van der Waals surface area (Å²) >= 11 is 0. The average Bonchev–Trinajstić information content (AvgIpc) is 1.94. The third kappa shape index (κ3) is 9.26. The van der Waals surface area contributed by atoms with E-state index in [2.05, 4.69) is 4.74 Å². The van der Waals surface area contributed by atoms with Crippen LogP contribution in [0, 0.1) is 0 Å². The maximum Gasteiger partial charge on any atom is 0.417 e. The van der Waals surface area contributed by atoms with Gasteiger partial charge in [0.05, 0.1) is 6.61 Å². The number of hydrogen-bond acceptors (Lipinski definition) is 2. The number of ether oxygens (including phenoxy) is 1. The predicted molar refractivity (Wildman–Crippen MR) is 36.2 cm³/mol. The van der Waals surface area contributed by atoms with Crippen LogP contribution in [0.15, 0.2) is 0 Å². The summed E-state index contributed by atoms with van der Waals surface area (Å²) in [6, 6.07) is 0. The second kappa shape index (κ2) is 5.85. The van der Waals surface area contributed by atoms with E-state index in [0.717, 1.165) is 0 Å². The lowest BCUT2D eigenvalue weighted by atomic mass is 10.2. The van der Waals surface area contributed by atoms with Crippen LogP contribution < -0.4 is 0 Å². The van der Waals surface area contributed by atoms with Gasteiger partial charge in [0.25, 0.3) is 0 Å². The smallest absolute Gasteiger partial charge is 0.417 e. The zero-order chi connectivity index (χ0) is 9.45. The van der Waals surface area contributed by atoms with Crippen LogP contribution in [0.2, 0.25) is 0 Å². The summed E-state index contributed by atoms with van der Waals surface area (Å²) in [7, 11) is 0. The Morgan fingerprint density at radius 3 is 2.33 bits per heavy atom. The molecule has 0 aliphatic rings. The molecule has 0 unspecified atom stereocenters. The van der Waals surface area contributed by atoms with E-state index in [1.165, 1.54) is 6.47 Å². The Morgan fingerprint density at radius 2 is 1.83 bits per heavy atom. The van der Waals surface area contributed by atoms with Gasteiger partial charge in [-0.1, -0.05) is 0 Å². The fourth-order valence-corrected chi connectivity index (χ4v) is 0.718. The van der Waals surface area contributed by atoms with Crippen molar-refractivity contribution in [3.05, 3.63) is 0 Å². The van der Waals surface area contributed by atoms with E-state index in [9.17, 15) is 18.0 Å². The molecule has 0 aromatic carbocycles. The number of rotatable bonds is 6. The highest BCUT2D eigenvalue weighted by molar-refractivity contribution is 5.37. The van der Waals surface area contributed by atoms with Gasteiger partial charge in [-0.3, -0.25) is 0 Å². The van der Waals surface area contributed by atoms with Crippen molar-refractivity contribution < 1.29 is 22.7 Å². The lowest BCUT2D eigenvalue weighted by Gasteiger charge is -2.04. The summed E-state index contributed by atoms with van der Waals surface area (Å²) in [5, 5.41) is 0. The van der Waals surface area contributed by atoms with Crippen molar-refractivity contribution in [1.82, 2.24) is 0 Å². The normalized spacial score (nSPS) is 11.2. The fraction of sp³-hybridized carbons (Fsp3) is 0.857. The summed E-state index contributed by atoms with van der Waals surface area (Å²) in [5.74, 6) is 0. The largest absolute Gasteiger partial charge is 0.457 e. The van der Waals surface area contributed by atoms with E-state index in [-0.39, 0.29) is 13.0 Å². The quantitative estimate of drug-likeness (QED) is 0.590.